The monoisotopic (exact) mass is 262 g/mol. The molecule has 0 amide bonds. The summed E-state index contributed by atoms with van der Waals surface area (Å²) in [6.45, 7) is 6.02. The number of carboxylic acids is 1. The van der Waals surface area contributed by atoms with Crippen LogP contribution in [0.4, 0.5) is 4.39 Å². The number of aromatic nitrogens is 2. The Labute approximate surface area is 110 Å². The maximum absolute atomic E-state index is 13.7. The normalized spacial score (nSPS) is 11.8. The molecule has 1 aromatic heterocycles. The molecular weight excluding hydrogens is 247 g/mol. The maximum Gasteiger partial charge on any atom is 0.355 e. The smallest absolute Gasteiger partial charge is 0.355 e. The van der Waals surface area contributed by atoms with Gasteiger partial charge in [0.1, 0.15) is 11.6 Å². The van der Waals surface area contributed by atoms with Gasteiger partial charge < -0.3 is 5.11 Å². The van der Waals surface area contributed by atoms with Crippen molar-refractivity contribution in [2.45, 2.75) is 27.2 Å². The lowest BCUT2D eigenvalue weighted by Gasteiger charge is -2.17. The molecule has 1 N–H and O–H groups in total. The van der Waals surface area contributed by atoms with E-state index < -0.39 is 11.8 Å². The van der Waals surface area contributed by atoms with Crippen LogP contribution in [-0.4, -0.2) is 21.0 Å². The van der Waals surface area contributed by atoms with E-state index in [1.54, 1.807) is 6.07 Å². The summed E-state index contributed by atoms with van der Waals surface area (Å²) in [5.74, 6) is -1.44. The molecule has 2 aromatic rings. The molecule has 0 atom stereocenters. The number of carboxylic acid groups (broad SMARTS) is 1. The van der Waals surface area contributed by atoms with Crippen molar-refractivity contribution in [1.82, 2.24) is 9.97 Å². The highest BCUT2D eigenvalue weighted by Gasteiger charge is 2.20. The Kier molecular flexibility index (Phi) is 3.22. The Morgan fingerprint density at radius 3 is 2.58 bits per heavy atom. The number of carbonyl (C=O) groups is 1. The maximum atomic E-state index is 13.7. The number of halogens is 1. The summed E-state index contributed by atoms with van der Waals surface area (Å²) in [5.41, 5.74) is -0.0226. The minimum Gasteiger partial charge on any atom is -0.476 e. The Balaban J connectivity index is 2.69. The van der Waals surface area contributed by atoms with Crippen LogP contribution in [0, 0.1) is 11.2 Å². The molecule has 0 unspecified atom stereocenters. The number of benzene rings is 1. The van der Waals surface area contributed by atoms with Gasteiger partial charge in [-0.2, -0.15) is 0 Å². The van der Waals surface area contributed by atoms with Crippen LogP contribution in [0.1, 0.15) is 37.1 Å². The molecule has 0 spiro atoms. The van der Waals surface area contributed by atoms with E-state index in [9.17, 15) is 14.3 Å². The first-order valence-corrected chi connectivity index (χ1v) is 5.96. The molecule has 0 saturated carbocycles. The van der Waals surface area contributed by atoms with E-state index in [0.29, 0.717) is 17.8 Å². The minimum atomic E-state index is -1.24. The fourth-order valence-electron chi connectivity index (χ4n) is 1.90. The molecule has 0 bridgehead atoms. The van der Waals surface area contributed by atoms with Crippen LogP contribution in [0.5, 0.6) is 0 Å². The zero-order valence-electron chi connectivity index (χ0n) is 11.1. The average Bonchev–Trinajstić information content (AvgIpc) is 2.25. The van der Waals surface area contributed by atoms with Gasteiger partial charge >= 0.3 is 5.97 Å². The van der Waals surface area contributed by atoms with Crippen LogP contribution in [0.3, 0.4) is 0 Å². The number of hydrogen-bond donors (Lipinski definition) is 1. The summed E-state index contributed by atoms with van der Waals surface area (Å²) < 4.78 is 13.7. The molecule has 19 heavy (non-hydrogen) atoms. The quantitative estimate of drug-likeness (QED) is 0.903. The zero-order chi connectivity index (χ0) is 14.2. The predicted octanol–water partition coefficient (Wildman–Crippen LogP) is 3.06. The summed E-state index contributed by atoms with van der Waals surface area (Å²) in [5, 5.41) is 9.14. The number of aromatic carboxylic acids is 1. The third-order valence-electron chi connectivity index (χ3n) is 2.61. The number of nitrogens with zero attached hydrogens (tertiary/aromatic N) is 2. The van der Waals surface area contributed by atoms with Crippen LogP contribution in [0.2, 0.25) is 0 Å². The van der Waals surface area contributed by atoms with E-state index in [4.69, 9.17) is 0 Å². The molecule has 0 aliphatic rings. The largest absolute Gasteiger partial charge is 0.476 e. The third-order valence-corrected chi connectivity index (χ3v) is 2.61. The van der Waals surface area contributed by atoms with E-state index in [-0.39, 0.29) is 16.5 Å². The topological polar surface area (TPSA) is 63.1 Å². The van der Waals surface area contributed by atoms with E-state index in [2.05, 4.69) is 9.97 Å². The fraction of sp³-hybridized carbons (Fsp3) is 0.357. The molecule has 0 radical (unpaired) electrons. The second-order valence-electron chi connectivity index (χ2n) is 5.66. The molecule has 0 saturated heterocycles. The lowest BCUT2D eigenvalue weighted by atomic mass is 9.92. The van der Waals surface area contributed by atoms with Gasteiger partial charge in [-0.25, -0.2) is 19.2 Å². The van der Waals surface area contributed by atoms with Crippen molar-refractivity contribution in [1.29, 1.82) is 0 Å². The van der Waals surface area contributed by atoms with E-state index >= 15 is 0 Å². The molecular formula is C14H15FN2O2. The standard InChI is InChI=1S/C14H15FN2O2/c1-14(2,3)7-10-16-9-6-4-5-8(15)11(9)12(17-10)13(18)19/h4-6H,7H2,1-3H3,(H,18,19). The Hall–Kier alpha value is -2.04. The van der Waals surface area contributed by atoms with Gasteiger partial charge in [-0.3, -0.25) is 0 Å². The third kappa shape index (κ3) is 2.86. The molecule has 5 heteroatoms. The number of hydrogen-bond acceptors (Lipinski definition) is 3. The van der Waals surface area contributed by atoms with Gasteiger partial charge in [-0.05, 0) is 17.5 Å². The Morgan fingerprint density at radius 1 is 1.32 bits per heavy atom. The highest BCUT2D eigenvalue weighted by Crippen LogP contribution is 2.23. The van der Waals surface area contributed by atoms with Crippen molar-refractivity contribution in [3.05, 3.63) is 35.5 Å². The van der Waals surface area contributed by atoms with Crippen LogP contribution >= 0.6 is 0 Å². The minimum absolute atomic E-state index is 0.0346. The lowest BCUT2D eigenvalue weighted by molar-refractivity contribution is 0.0691. The molecule has 0 aliphatic carbocycles. The van der Waals surface area contributed by atoms with Crippen molar-refractivity contribution >= 4 is 16.9 Å². The average molecular weight is 262 g/mol. The lowest BCUT2D eigenvalue weighted by Crippen LogP contribution is -2.15. The summed E-state index contributed by atoms with van der Waals surface area (Å²) in [4.78, 5) is 19.5. The van der Waals surface area contributed by atoms with Crippen molar-refractivity contribution in [3.63, 3.8) is 0 Å². The van der Waals surface area contributed by atoms with Gasteiger partial charge in [0.05, 0.1) is 10.9 Å². The van der Waals surface area contributed by atoms with Crippen molar-refractivity contribution < 1.29 is 14.3 Å². The molecule has 0 aliphatic heterocycles. The molecule has 100 valence electrons. The first-order chi connectivity index (χ1) is 8.78. The highest BCUT2D eigenvalue weighted by molar-refractivity contribution is 6.00. The fourth-order valence-corrected chi connectivity index (χ4v) is 1.90. The first kappa shape index (κ1) is 13.4. The van der Waals surface area contributed by atoms with Gasteiger partial charge in [0, 0.05) is 6.42 Å². The van der Waals surface area contributed by atoms with Crippen molar-refractivity contribution in [2.75, 3.05) is 0 Å². The SMILES string of the molecule is CC(C)(C)Cc1nc(C(=O)O)c2c(F)cccc2n1. The summed E-state index contributed by atoms with van der Waals surface area (Å²) in [6, 6.07) is 4.32. The van der Waals surface area contributed by atoms with E-state index in [1.807, 2.05) is 20.8 Å². The van der Waals surface area contributed by atoms with Gasteiger partial charge in [-0.1, -0.05) is 26.8 Å². The molecule has 2 rings (SSSR count). The van der Waals surface area contributed by atoms with Gasteiger partial charge in [0.2, 0.25) is 0 Å². The predicted molar refractivity (Wildman–Crippen MR) is 69.6 cm³/mol. The van der Waals surface area contributed by atoms with Crippen molar-refractivity contribution in [2.24, 2.45) is 5.41 Å². The summed E-state index contributed by atoms with van der Waals surface area (Å²) in [7, 11) is 0. The number of fused-ring (bicyclic) bond motifs is 1. The summed E-state index contributed by atoms with van der Waals surface area (Å²) >= 11 is 0. The highest BCUT2D eigenvalue weighted by atomic mass is 19.1. The van der Waals surface area contributed by atoms with Gasteiger partial charge in [0.15, 0.2) is 5.69 Å². The zero-order valence-corrected chi connectivity index (χ0v) is 11.1. The van der Waals surface area contributed by atoms with E-state index in [1.165, 1.54) is 12.1 Å². The molecule has 1 aromatic carbocycles. The van der Waals surface area contributed by atoms with Crippen LogP contribution in [0.25, 0.3) is 10.9 Å². The van der Waals surface area contributed by atoms with E-state index in [0.717, 1.165) is 0 Å². The van der Waals surface area contributed by atoms with Crippen LogP contribution in [0.15, 0.2) is 18.2 Å². The van der Waals surface area contributed by atoms with Gasteiger partial charge in [0.25, 0.3) is 0 Å². The molecule has 0 fully saturated rings. The molecule has 4 nitrogen and oxygen atoms in total. The van der Waals surface area contributed by atoms with Crippen LogP contribution in [-0.2, 0) is 6.42 Å². The van der Waals surface area contributed by atoms with Crippen molar-refractivity contribution in [3.8, 4) is 0 Å². The van der Waals surface area contributed by atoms with Crippen LogP contribution < -0.4 is 0 Å². The second kappa shape index (κ2) is 4.57. The second-order valence-corrected chi connectivity index (χ2v) is 5.66. The first-order valence-electron chi connectivity index (χ1n) is 5.96. The number of rotatable bonds is 2. The van der Waals surface area contributed by atoms with Gasteiger partial charge in [-0.15, -0.1) is 0 Å². The summed E-state index contributed by atoms with van der Waals surface area (Å²) in [6.07, 6.45) is 0.528. The Bertz CT molecular complexity index is 648. The Morgan fingerprint density at radius 2 is 2.00 bits per heavy atom. The molecule has 1 heterocycles.